The quantitative estimate of drug-likeness (QED) is 0.0976. The van der Waals surface area contributed by atoms with Gasteiger partial charge in [-0.15, -0.1) is 0 Å². The van der Waals surface area contributed by atoms with E-state index in [0.29, 0.717) is 44.1 Å². The molecule has 0 heterocycles. The van der Waals surface area contributed by atoms with Crippen LogP contribution in [0.4, 0.5) is 0 Å². The molecule has 8 nitrogen and oxygen atoms in total. The number of carbonyl (C=O) groups is 4. The minimum atomic E-state index is -1.05. The van der Waals surface area contributed by atoms with Crippen LogP contribution >= 0.6 is 15.9 Å². The van der Waals surface area contributed by atoms with Crippen LogP contribution in [-0.2, 0) is 16.1 Å². The summed E-state index contributed by atoms with van der Waals surface area (Å²) >= 11 is 3.34. The van der Waals surface area contributed by atoms with Crippen LogP contribution in [0.3, 0.4) is 0 Å². The summed E-state index contributed by atoms with van der Waals surface area (Å²) in [5, 5.41) is 21.7. The first-order chi connectivity index (χ1) is 18.2. The van der Waals surface area contributed by atoms with E-state index in [9.17, 15) is 29.4 Å². The number of esters is 2. The summed E-state index contributed by atoms with van der Waals surface area (Å²) in [4.78, 5) is 52.6. The predicted molar refractivity (Wildman–Crippen MR) is 146 cm³/mol. The van der Waals surface area contributed by atoms with E-state index in [1.165, 1.54) is 0 Å². The molecule has 2 N–H and O–H groups in total. The molecular formula is C29H35BrO8. The number of halogens is 1. The molecule has 0 radical (unpaired) electrons. The first-order valence-electron chi connectivity index (χ1n) is 13.0. The third kappa shape index (κ3) is 8.15. The normalized spacial score (nSPS) is 10.7. The van der Waals surface area contributed by atoms with Crippen LogP contribution in [0.25, 0.3) is 0 Å². The van der Waals surface area contributed by atoms with Gasteiger partial charge in [0.2, 0.25) is 5.75 Å². The molecule has 206 valence electrons. The molecule has 2 rings (SSSR count). The summed E-state index contributed by atoms with van der Waals surface area (Å²) in [5.74, 6) is -5.53. The fraction of sp³-hybridized carbons (Fsp3) is 0.448. The SMILES string of the molecule is CCCCC(=O)Oc1c(O)c(O)c(C(=O)CCCC)c(C(=O)OCc2ccc(Br)cc2)c1C(=O)CCCC. The minimum absolute atomic E-state index is 0.000178. The van der Waals surface area contributed by atoms with E-state index in [-0.39, 0.29) is 25.9 Å². The molecule has 9 heteroatoms. The standard InChI is InChI=1S/C29H35BrO8/c1-4-7-10-20(31)23-25(29(36)37-17-18-13-15-19(30)16-14-18)24(21(32)11-8-5-2)28(27(35)26(23)34)38-22(33)12-9-6-3/h13-16,34-35H,4-12,17H2,1-3H3. The van der Waals surface area contributed by atoms with Gasteiger partial charge in [0, 0.05) is 23.7 Å². The van der Waals surface area contributed by atoms with Gasteiger partial charge in [0.25, 0.3) is 0 Å². The van der Waals surface area contributed by atoms with E-state index in [1.54, 1.807) is 24.3 Å². The number of phenols is 2. The lowest BCUT2D eigenvalue weighted by molar-refractivity contribution is -0.134. The molecule has 38 heavy (non-hydrogen) atoms. The monoisotopic (exact) mass is 590 g/mol. The summed E-state index contributed by atoms with van der Waals surface area (Å²) in [7, 11) is 0. The molecule has 0 aliphatic carbocycles. The van der Waals surface area contributed by atoms with Crippen molar-refractivity contribution in [1.29, 1.82) is 0 Å². The molecule has 0 aliphatic rings. The number of ketones is 2. The van der Waals surface area contributed by atoms with E-state index in [2.05, 4.69) is 15.9 Å². The van der Waals surface area contributed by atoms with Crippen molar-refractivity contribution in [2.45, 2.75) is 85.2 Å². The summed E-state index contributed by atoms with van der Waals surface area (Å²) < 4.78 is 11.7. The number of rotatable bonds is 15. The van der Waals surface area contributed by atoms with Crippen LogP contribution in [0, 0.1) is 0 Å². The molecule has 0 fully saturated rings. The Kier molecular flexibility index (Phi) is 12.5. The van der Waals surface area contributed by atoms with Gasteiger partial charge in [-0.25, -0.2) is 4.79 Å². The topological polar surface area (TPSA) is 127 Å². The van der Waals surface area contributed by atoms with Crippen LogP contribution < -0.4 is 4.74 Å². The maximum absolute atomic E-state index is 13.5. The third-order valence-electron chi connectivity index (χ3n) is 5.91. The van der Waals surface area contributed by atoms with Crippen LogP contribution in [-0.4, -0.2) is 33.7 Å². The van der Waals surface area contributed by atoms with E-state index < -0.39 is 57.4 Å². The maximum Gasteiger partial charge on any atom is 0.340 e. The minimum Gasteiger partial charge on any atom is -0.504 e. The second-order valence-corrected chi connectivity index (χ2v) is 9.90. The zero-order valence-corrected chi connectivity index (χ0v) is 23.7. The molecule has 2 aromatic carbocycles. The lowest BCUT2D eigenvalue weighted by Crippen LogP contribution is -2.21. The van der Waals surface area contributed by atoms with Crippen molar-refractivity contribution >= 4 is 39.4 Å². The van der Waals surface area contributed by atoms with Crippen LogP contribution in [0.15, 0.2) is 28.7 Å². The summed E-state index contributed by atoms with van der Waals surface area (Å²) in [5.41, 5.74) is -0.796. The van der Waals surface area contributed by atoms with Crippen molar-refractivity contribution in [1.82, 2.24) is 0 Å². The number of carbonyl (C=O) groups excluding carboxylic acids is 4. The van der Waals surface area contributed by atoms with E-state index in [4.69, 9.17) is 9.47 Å². The Bertz CT molecular complexity index is 1150. The van der Waals surface area contributed by atoms with Crippen LogP contribution in [0.5, 0.6) is 17.2 Å². The highest BCUT2D eigenvalue weighted by molar-refractivity contribution is 9.10. The lowest BCUT2D eigenvalue weighted by Gasteiger charge is -2.20. The van der Waals surface area contributed by atoms with Gasteiger partial charge in [0.05, 0.1) is 16.7 Å². The number of aromatic hydroxyl groups is 2. The van der Waals surface area contributed by atoms with Gasteiger partial charge in [-0.3, -0.25) is 14.4 Å². The second kappa shape index (κ2) is 15.3. The van der Waals surface area contributed by atoms with Crippen LogP contribution in [0.1, 0.15) is 115 Å². The molecule has 2 aromatic rings. The molecule has 0 saturated carbocycles. The zero-order chi connectivity index (χ0) is 28.2. The number of phenolic OH excluding ortho intramolecular Hbond substituents is 2. The van der Waals surface area contributed by atoms with Crippen molar-refractivity contribution in [2.24, 2.45) is 0 Å². The summed E-state index contributed by atoms with van der Waals surface area (Å²) in [6, 6.07) is 6.99. The first kappa shape index (κ1) is 31.0. The number of hydrogen-bond acceptors (Lipinski definition) is 8. The van der Waals surface area contributed by atoms with Crippen molar-refractivity contribution < 1.29 is 38.9 Å². The van der Waals surface area contributed by atoms with E-state index in [1.807, 2.05) is 20.8 Å². The largest absolute Gasteiger partial charge is 0.504 e. The Morgan fingerprint density at radius 2 is 1.26 bits per heavy atom. The van der Waals surface area contributed by atoms with Gasteiger partial charge < -0.3 is 19.7 Å². The molecular weight excluding hydrogens is 556 g/mol. The molecule has 0 amide bonds. The predicted octanol–water partition coefficient (Wildman–Crippen LogP) is 7.06. The molecule has 0 bridgehead atoms. The Labute approximate surface area is 231 Å². The number of hydrogen-bond donors (Lipinski definition) is 2. The number of benzene rings is 2. The molecule has 0 unspecified atom stereocenters. The highest BCUT2D eigenvalue weighted by Gasteiger charge is 2.36. The highest BCUT2D eigenvalue weighted by Crippen LogP contribution is 2.46. The Morgan fingerprint density at radius 3 is 1.82 bits per heavy atom. The Hall–Kier alpha value is -3.20. The number of Topliss-reactive ketones (excluding diaryl/α,β-unsaturated/α-hetero) is 2. The molecule has 0 spiro atoms. The summed E-state index contributed by atoms with van der Waals surface area (Å²) in [6.07, 6.45) is 3.37. The van der Waals surface area contributed by atoms with Gasteiger partial charge in [-0.2, -0.15) is 0 Å². The molecule has 0 aliphatic heterocycles. The molecule has 0 saturated heterocycles. The Balaban J connectivity index is 2.71. The van der Waals surface area contributed by atoms with Gasteiger partial charge in [-0.05, 0) is 37.0 Å². The first-order valence-corrected chi connectivity index (χ1v) is 13.8. The molecule has 0 aromatic heterocycles. The zero-order valence-electron chi connectivity index (χ0n) is 22.1. The van der Waals surface area contributed by atoms with Gasteiger partial charge in [0.1, 0.15) is 6.61 Å². The Morgan fingerprint density at radius 1 is 0.737 bits per heavy atom. The summed E-state index contributed by atoms with van der Waals surface area (Å²) in [6.45, 7) is 5.45. The number of unbranched alkanes of at least 4 members (excludes halogenated alkanes) is 3. The highest BCUT2D eigenvalue weighted by atomic mass is 79.9. The smallest absolute Gasteiger partial charge is 0.340 e. The molecule has 0 atom stereocenters. The van der Waals surface area contributed by atoms with Crippen molar-refractivity contribution in [2.75, 3.05) is 0 Å². The van der Waals surface area contributed by atoms with E-state index >= 15 is 0 Å². The van der Waals surface area contributed by atoms with Crippen molar-refractivity contribution in [3.8, 4) is 17.2 Å². The van der Waals surface area contributed by atoms with Gasteiger partial charge >= 0.3 is 11.9 Å². The second-order valence-electron chi connectivity index (χ2n) is 8.99. The lowest BCUT2D eigenvalue weighted by atomic mass is 9.90. The average molecular weight is 591 g/mol. The van der Waals surface area contributed by atoms with Crippen LogP contribution in [0.2, 0.25) is 0 Å². The maximum atomic E-state index is 13.5. The fourth-order valence-electron chi connectivity index (χ4n) is 3.75. The van der Waals surface area contributed by atoms with Crippen molar-refractivity contribution in [3.05, 3.63) is 51.0 Å². The van der Waals surface area contributed by atoms with Gasteiger partial charge in [-0.1, -0.05) is 68.1 Å². The number of ether oxygens (including phenoxy) is 2. The van der Waals surface area contributed by atoms with Crippen molar-refractivity contribution in [3.63, 3.8) is 0 Å². The average Bonchev–Trinajstić information content (AvgIpc) is 2.90. The fourth-order valence-corrected chi connectivity index (χ4v) is 4.02. The third-order valence-corrected chi connectivity index (χ3v) is 6.44. The van der Waals surface area contributed by atoms with E-state index in [0.717, 1.165) is 4.47 Å². The van der Waals surface area contributed by atoms with Gasteiger partial charge in [0.15, 0.2) is 23.1 Å².